The lowest BCUT2D eigenvalue weighted by Gasteiger charge is -2.13. The molecule has 0 fully saturated rings. The molecule has 0 bridgehead atoms. The van der Waals surface area contributed by atoms with Crippen LogP contribution in [0.15, 0.2) is 28.7 Å². The zero-order valence-electron chi connectivity index (χ0n) is 13.5. The number of amides is 2. The van der Waals surface area contributed by atoms with E-state index in [-0.39, 0.29) is 12.3 Å². The highest BCUT2D eigenvalue weighted by Crippen LogP contribution is 2.21. The average molecular weight is 331 g/mol. The van der Waals surface area contributed by atoms with E-state index in [1.165, 1.54) is 6.07 Å². The maximum atomic E-state index is 12.0. The third-order valence-electron chi connectivity index (χ3n) is 3.35. The number of aryl methyl sites for hydroxylation is 3. The first kappa shape index (κ1) is 17.2. The predicted molar refractivity (Wildman–Crippen MR) is 87.0 cm³/mol. The third kappa shape index (κ3) is 3.97. The minimum atomic E-state index is -0.744. The van der Waals surface area contributed by atoms with E-state index in [0.717, 1.165) is 22.8 Å². The number of rotatable bonds is 5. The molecule has 2 N–H and O–H groups in total. The molecular formula is C16H17N3O5. The van der Waals surface area contributed by atoms with Crippen molar-refractivity contribution in [3.05, 3.63) is 56.8 Å². The fourth-order valence-electron chi connectivity index (χ4n) is 2.36. The Morgan fingerprint density at radius 2 is 1.79 bits per heavy atom. The lowest BCUT2D eigenvalue weighted by atomic mass is 10.1. The van der Waals surface area contributed by atoms with Crippen LogP contribution in [-0.4, -0.2) is 23.3 Å². The van der Waals surface area contributed by atoms with Crippen LogP contribution < -0.4 is 10.6 Å². The highest BCUT2D eigenvalue weighted by atomic mass is 16.6. The van der Waals surface area contributed by atoms with Gasteiger partial charge in [0, 0.05) is 5.69 Å². The summed E-state index contributed by atoms with van der Waals surface area (Å²) in [6, 6.07) is 6.15. The molecule has 1 aromatic heterocycles. The maximum Gasteiger partial charge on any atom is 0.433 e. The van der Waals surface area contributed by atoms with Crippen LogP contribution in [0.2, 0.25) is 0 Å². The molecule has 1 aromatic carbocycles. The molecule has 0 atom stereocenters. The van der Waals surface area contributed by atoms with Crippen LogP contribution in [-0.2, 0) is 4.79 Å². The van der Waals surface area contributed by atoms with E-state index >= 15 is 0 Å². The number of furan rings is 1. The molecule has 0 radical (unpaired) electrons. The first-order valence-electron chi connectivity index (χ1n) is 7.18. The molecule has 126 valence electrons. The molecule has 8 nitrogen and oxygen atoms in total. The summed E-state index contributed by atoms with van der Waals surface area (Å²) < 4.78 is 4.77. The van der Waals surface area contributed by atoms with Crippen LogP contribution >= 0.6 is 0 Å². The topological polar surface area (TPSA) is 114 Å². The van der Waals surface area contributed by atoms with E-state index in [4.69, 9.17) is 4.42 Å². The van der Waals surface area contributed by atoms with Gasteiger partial charge < -0.3 is 15.1 Å². The molecule has 0 aliphatic rings. The lowest BCUT2D eigenvalue weighted by molar-refractivity contribution is -0.402. The van der Waals surface area contributed by atoms with E-state index in [1.807, 2.05) is 32.9 Å². The normalized spacial score (nSPS) is 10.3. The second-order valence-electron chi connectivity index (χ2n) is 5.40. The summed E-state index contributed by atoms with van der Waals surface area (Å²) in [5.74, 6) is -1.86. The number of carbonyl (C=O) groups excluding carboxylic acids is 2. The summed E-state index contributed by atoms with van der Waals surface area (Å²) in [5.41, 5.74) is 3.65. The van der Waals surface area contributed by atoms with Gasteiger partial charge in [0.2, 0.25) is 5.91 Å². The van der Waals surface area contributed by atoms with Crippen molar-refractivity contribution in [2.24, 2.45) is 0 Å². The number of anilines is 1. The molecule has 1 heterocycles. The van der Waals surface area contributed by atoms with E-state index in [0.29, 0.717) is 5.69 Å². The molecule has 0 saturated carbocycles. The monoisotopic (exact) mass is 331 g/mol. The Morgan fingerprint density at radius 1 is 1.17 bits per heavy atom. The smallest absolute Gasteiger partial charge is 0.395 e. The summed E-state index contributed by atoms with van der Waals surface area (Å²) >= 11 is 0. The van der Waals surface area contributed by atoms with Crippen LogP contribution in [0.4, 0.5) is 11.6 Å². The van der Waals surface area contributed by atoms with Crippen molar-refractivity contribution in [2.75, 3.05) is 11.9 Å². The molecule has 24 heavy (non-hydrogen) atoms. The highest BCUT2D eigenvalue weighted by Gasteiger charge is 2.18. The van der Waals surface area contributed by atoms with Crippen LogP contribution in [0.5, 0.6) is 0 Å². The Labute approximate surface area is 138 Å². The van der Waals surface area contributed by atoms with E-state index < -0.39 is 22.6 Å². The van der Waals surface area contributed by atoms with Gasteiger partial charge in [-0.05, 0) is 38.0 Å². The lowest BCUT2D eigenvalue weighted by Crippen LogP contribution is -2.33. The Morgan fingerprint density at radius 3 is 2.33 bits per heavy atom. The highest BCUT2D eigenvalue weighted by molar-refractivity contribution is 5.98. The SMILES string of the molecule is Cc1cc(C)c(NC(=O)CNC(=O)c2ccc([N+](=O)[O-])o2)c(C)c1. The van der Waals surface area contributed by atoms with E-state index in [1.54, 1.807) is 0 Å². The summed E-state index contributed by atoms with van der Waals surface area (Å²) in [6.45, 7) is 5.46. The van der Waals surface area contributed by atoms with Gasteiger partial charge in [-0.15, -0.1) is 0 Å². The Bertz CT molecular complexity index is 787. The summed E-state index contributed by atoms with van der Waals surface area (Å²) in [6.07, 6.45) is 0. The van der Waals surface area contributed by atoms with Gasteiger partial charge in [-0.1, -0.05) is 17.7 Å². The van der Waals surface area contributed by atoms with Gasteiger partial charge in [0.05, 0.1) is 12.6 Å². The second kappa shape index (κ2) is 6.95. The number of benzene rings is 1. The Hall–Kier alpha value is -3.16. The van der Waals surface area contributed by atoms with E-state index in [2.05, 4.69) is 10.6 Å². The molecule has 0 unspecified atom stereocenters. The standard InChI is InChI=1S/C16H17N3O5/c1-9-6-10(2)15(11(3)7-9)18-13(20)8-17-16(21)12-4-5-14(24-12)19(22)23/h4-7H,8H2,1-3H3,(H,17,21)(H,18,20). The summed E-state index contributed by atoms with van der Waals surface area (Å²) in [4.78, 5) is 33.6. The largest absolute Gasteiger partial charge is 0.433 e. The number of hydrogen-bond acceptors (Lipinski definition) is 5. The van der Waals surface area contributed by atoms with Gasteiger partial charge in [-0.3, -0.25) is 19.7 Å². The van der Waals surface area contributed by atoms with Crippen LogP contribution in [0.3, 0.4) is 0 Å². The Kier molecular flexibility index (Phi) is 4.98. The molecule has 0 aliphatic heterocycles. The van der Waals surface area contributed by atoms with Crippen LogP contribution in [0, 0.1) is 30.9 Å². The fraction of sp³-hybridized carbons (Fsp3) is 0.250. The van der Waals surface area contributed by atoms with Gasteiger partial charge >= 0.3 is 5.88 Å². The number of carbonyl (C=O) groups is 2. The molecule has 0 aliphatic carbocycles. The number of nitrogens with one attached hydrogen (secondary N) is 2. The number of nitro groups is 1. The molecule has 0 spiro atoms. The van der Waals surface area contributed by atoms with Gasteiger partial charge in [0.25, 0.3) is 5.91 Å². The van der Waals surface area contributed by atoms with Crippen molar-refractivity contribution >= 4 is 23.4 Å². The summed E-state index contributed by atoms with van der Waals surface area (Å²) in [7, 11) is 0. The van der Waals surface area contributed by atoms with Gasteiger partial charge in [0.15, 0.2) is 5.76 Å². The van der Waals surface area contributed by atoms with Crippen molar-refractivity contribution in [3.63, 3.8) is 0 Å². The van der Waals surface area contributed by atoms with Gasteiger partial charge in [0.1, 0.15) is 4.92 Å². The molecule has 0 saturated heterocycles. The first-order valence-corrected chi connectivity index (χ1v) is 7.18. The molecule has 2 amide bonds. The molecule has 8 heteroatoms. The number of nitrogens with zero attached hydrogens (tertiary/aromatic N) is 1. The Balaban J connectivity index is 1.95. The second-order valence-corrected chi connectivity index (χ2v) is 5.40. The predicted octanol–water partition coefficient (Wildman–Crippen LogP) is 2.48. The van der Waals surface area contributed by atoms with Gasteiger partial charge in [-0.2, -0.15) is 0 Å². The van der Waals surface area contributed by atoms with Crippen molar-refractivity contribution in [1.29, 1.82) is 0 Å². The van der Waals surface area contributed by atoms with Gasteiger partial charge in [-0.25, -0.2) is 0 Å². The van der Waals surface area contributed by atoms with Crippen LogP contribution in [0.1, 0.15) is 27.2 Å². The zero-order valence-corrected chi connectivity index (χ0v) is 13.5. The molecule has 2 rings (SSSR count). The molecular weight excluding hydrogens is 314 g/mol. The van der Waals surface area contributed by atoms with Crippen LogP contribution in [0.25, 0.3) is 0 Å². The quantitative estimate of drug-likeness (QED) is 0.645. The summed E-state index contributed by atoms with van der Waals surface area (Å²) in [5, 5.41) is 15.6. The number of hydrogen-bond donors (Lipinski definition) is 2. The fourth-order valence-corrected chi connectivity index (χ4v) is 2.36. The van der Waals surface area contributed by atoms with Crippen molar-refractivity contribution in [3.8, 4) is 0 Å². The minimum absolute atomic E-state index is 0.225. The third-order valence-corrected chi connectivity index (χ3v) is 3.35. The van der Waals surface area contributed by atoms with Crippen molar-refractivity contribution in [1.82, 2.24) is 5.32 Å². The first-order chi connectivity index (χ1) is 11.3. The molecule has 2 aromatic rings. The minimum Gasteiger partial charge on any atom is -0.395 e. The average Bonchev–Trinajstić information content (AvgIpc) is 2.98. The van der Waals surface area contributed by atoms with Crippen molar-refractivity contribution in [2.45, 2.75) is 20.8 Å². The zero-order chi connectivity index (χ0) is 17.9. The maximum absolute atomic E-state index is 12.0. The van der Waals surface area contributed by atoms with E-state index in [9.17, 15) is 19.7 Å². The van der Waals surface area contributed by atoms with Crippen molar-refractivity contribution < 1.29 is 18.9 Å².